The molecular formula is C16H24N4S. The molecule has 0 fully saturated rings. The Kier molecular flexibility index (Phi) is 5.70. The highest BCUT2D eigenvalue weighted by Crippen LogP contribution is 2.26. The van der Waals surface area contributed by atoms with E-state index in [2.05, 4.69) is 65.7 Å². The van der Waals surface area contributed by atoms with Crippen LogP contribution in [0.1, 0.15) is 37.4 Å². The van der Waals surface area contributed by atoms with Gasteiger partial charge in [-0.05, 0) is 43.0 Å². The molecule has 0 aliphatic rings. The normalized spacial score (nSPS) is 12.6. The molecule has 0 radical (unpaired) electrons. The molecule has 21 heavy (non-hydrogen) atoms. The molecule has 2 heterocycles. The predicted molar refractivity (Wildman–Crippen MR) is 89.7 cm³/mol. The third-order valence-electron chi connectivity index (χ3n) is 3.46. The highest BCUT2D eigenvalue weighted by Gasteiger charge is 2.14. The maximum Gasteiger partial charge on any atom is 0.151 e. The first-order valence-electron chi connectivity index (χ1n) is 7.37. The molecule has 2 aromatic heterocycles. The second-order valence-corrected chi connectivity index (χ2v) is 6.69. The minimum atomic E-state index is 0.309. The standard InChI is InChI=1S/C16H24N4S/c1-12(2)10-17-11-14-7-8-16(19-18-14)20(4)13(3)15-6-5-9-21-15/h5-9,12-13,17H,10-11H2,1-4H3. The molecule has 4 nitrogen and oxygen atoms in total. The van der Waals surface area contributed by atoms with E-state index >= 15 is 0 Å². The monoisotopic (exact) mass is 304 g/mol. The van der Waals surface area contributed by atoms with Crippen LogP contribution in [0, 0.1) is 5.92 Å². The van der Waals surface area contributed by atoms with Crippen molar-refractivity contribution in [1.82, 2.24) is 15.5 Å². The number of anilines is 1. The van der Waals surface area contributed by atoms with Crippen LogP contribution in [0.5, 0.6) is 0 Å². The first kappa shape index (κ1) is 15.9. The van der Waals surface area contributed by atoms with Crippen molar-refractivity contribution in [3.05, 3.63) is 40.2 Å². The van der Waals surface area contributed by atoms with Crippen molar-refractivity contribution < 1.29 is 0 Å². The lowest BCUT2D eigenvalue weighted by Gasteiger charge is -2.24. The molecule has 0 aliphatic carbocycles. The average molecular weight is 304 g/mol. The summed E-state index contributed by atoms with van der Waals surface area (Å²) in [4.78, 5) is 3.49. The fraction of sp³-hybridized carbons (Fsp3) is 0.500. The second kappa shape index (κ2) is 7.52. The van der Waals surface area contributed by atoms with Gasteiger partial charge in [-0.25, -0.2) is 0 Å². The van der Waals surface area contributed by atoms with Gasteiger partial charge in [0.25, 0.3) is 0 Å². The minimum absolute atomic E-state index is 0.309. The van der Waals surface area contributed by atoms with Gasteiger partial charge in [-0.2, -0.15) is 5.10 Å². The van der Waals surface area contributed by atoms with Crippen LogP contribution in [0.4, 0.5) is 5.82 Å². The molecule has 5 heteroatoms. The summed E-state index contributed by atoms with van der Waals surface area (Å²) in [6.07, 6.45) is 0. The van der Waals surface area contributed by atoms with Gasteiger partial charge in [0.05, 0.1) is 11.7 Å². The smallest absolute Gasteiger partial charge is 0.151 e. The maximum atomic E-state index is 4.35. The molecule has 0 spiro atoms. The summed E-state index contributed by atoms with van der Waals surface area (Å²) in [5, 5.41) is 14.1. The van der Waals surface area contributed by atoms with Gasteiger partial charge in [-0.15, -0.1) is 16.4 Å². The Morgan fingerprint density at radius 2 is 2.00 bits per heavy atom. The molecule has 0 aromatic carbocycles. The largest absolute Gasteiger partial charge is 0.351 e. The molecule has 0 saturated heterocycles. The van der Waals surface area contributed by atoms with E-state index in [0.717, 1.165) is 24.6 Å². The fourth-order valence-electron chi connectivity index (χ4n) is 2.04. The summed E-state index contributed by atoms with van der Waals surface area (Å²) in [5.74, 6) is 1.55. The minimum Gasteiger partial charge on any atom is -0.351 e. The summed E-state index contributed by atoms with van der Waals surface area (Å²) in [7, 11) is 2.06. The Bertz CT molecular complexity index is 522. The van der Waals surface area contributed by atoms with Crippen LogP contribution in [-0.4, -0.2) is 23.8 Å². The van der Waals surface area contributed by atoms with E-state index in [-0.39, 0.29) is 0 Å². The number of rotatable bonds is 7. The first-order chi connectivity index (χ1) is 10.1. The highest BCUT2D eigenvalue weighted by molar-refractivity contribution is 7.10. The second-order valence-electron chi connectivity index (χ2n) is 5.71. The molecule has 0 aliphatic heterocycles. The van der Waals surface area contributed by atoms with Crippen molar-refractivity contribution in [2.75, 3.05) is 18.5 Å². The van der Waals surface area contributed by atoms with Crippen LogP contribution in [0.2, 0.25) is 0 Å². The van der Waals surface area contributed by atoms with Crippen LogP contribution < -0.4 is 10.2 Å². The molecule has 0 bridgehead atoms. The van der Waals surface area contributed by atoms with Crippen molar-refractivity contribution in [3.63, 3.8) is 0 Å². The number of hydrogen-bond donors (Lipinski definition) is 1. The van der Waals surface area contributed by atoms with Gasteiger partial charge in [0.15, 0.2) is 5.82 Å². The van der Waals surface area contributed by atoms with E-state index in [0.29, 0.717) is 12.0 Å². The number of nitrogens with one attached hydrogen (secondary N) is 1. The molecule has 2 aromatic rings. The summed E-state index contributed by atoms with van der Waals surface area (Å²) in [5.41, 5.74) is 0.983. The third kappa shape index (κ3) is 4.51. The quantitative estimate of drug-likeness (QED) is 0.850. The van der Waals surface area contributed by atoms with Gasteiger partial charge in [0.1, 0.15) is 0 Å². The van der Waals surface area contributed by atoms with Crippen LogP contribution in [0.3, 0.4) is 0 Å². The number of nitrogens with zero attached hydrogens (tertiary/aromatic N) is 3. The molecular weight excluding hydrogens is 280 g/mol. The van der Waals surface area contributed by atoms with Crippen molar-refractivity contribution in [2.45, 2.75) is 33.4 Å². The zero-order valence-electron chi connectivity index (χ0n) is 13.2. The van der Waals surface area contributed by atoms with Crippen molar-refractivity contribution in [1.29, 1.82) is 0 Å². The van der Waals surface area contributed by atoms with E-state index in [9.17, 15) is 0 Å². The van der Waals surface area contributed by atoms with Gasteiger partial charge in [0, 0.05) is 18.5 Å². The fourth-order valence-corrected chi connectivity index (χ4v) is 2.87. The Morgan fingerprint density at radius 3 is 2.57 bits per heavy atom. The van der Waals surface area contributed by atoms with Crippen molar-refractivity contribution in [2.24, 2.45) is 5.92 Å². The zero-order valence-corrected chi connectivity index (χ0v) is 14.0. The van der Waals surface area contributed by atoms with Crippen molar-refractivity contribution in [3.8, 4) is 0 Å². The van der Waals surface area contributed by atoms with Gasteiger partial charge >= 0.3 is 0 Å². The summed E-state index contributed by atoms with van der Waals surface area (Å²) in [6.45, 7) is 8.35. The average Bonchev–Trinajstić information content (AvgIpc) is 3.00. The lowest BCUT2D eigenvalue weighted by atomic mass is 10.2. The third-order valence-corrected chi connectivity index (χ3v) is 4.50. The van der Waals surface area contributed by atoms with Crippen molar-refractivity contribution >= 4 is 17.2 Å². The van der Waals surface area contributed by atoms with E-state index in [1.54, 1.807) is 11.3 Å². The van der Waals surface area contributed by atoms with E-state index in [1.807, 2.05) is 12.1 Å². The molecule has 0 amide bonds. The van der Waals surface area contributed by atoms with Crippen LogP contribution >= 0.6 is 11.3 Å². The van der Waals surface area contributed by atoms with Gasteiger partial charge < -0.3 is 10.2 Å². The maximum absolute atomic E-state index is 4.35. The predicted octanol–water partition coefficient (Wildman–Crippen LogP) is 3.48. The topological polar surface area (TPSA) is 41.0 Å². The Morgan fingerprint density at radius 1 is 1.19 bits per heavy atom. The van der Waals surface area contributed by atoms with Crippen LogP contribution in [0.25, 0.3) is 0 Å². The number of hydrogen-bond acceptors (Lipinski definition) is 5. The molecule has 1 N–H and O–H groups in total. The molecule has 1 unspecified atom stereocenters. The van der Waals surface area contributed by atoms with Gasteiger partial charge in [-0.1, -0.05) is 19.9 Å². The molecule has 114 valence electrons. The zero-order chi connectivity index (χ0) is 15.2. The Labute approximate surface area is 131 Å². The summed E-state index contributed by atoms with van der Waals surface area (Å²) in [6, 6.07) is 8.64. The highest BCUT2D eigenvalue weighted by atomic mass is 32.1. The lowest BCUT2D eigenvalue weighted by Crippen LogP contribution is -2.23. The summed E-state index contributed by atoms with van der Waals surface area (Å²) >= 11 is 1.77. The van der Waals surface area contributed by atoms with Gasteiger partial charge in [0.2, 0.25) is 0 Å². The number of aromatic nitrogens is 2. The molecule has 2 rings (SSSR count). The van der Waals surface area contributed by atoms with Crippen LogP contribution in [-0.2, 0) is 6.54 Å². The van der Waals surface area contributed by atoms with E-state index in [4.69, 9.17) is 0 Å². The van der Waals surface area contributed by atoms with Gasteiger partial charge in [-0.3, -0.25) is 0 Å². The Balaban J connectivity index is 1.95. The SMILES string of the molecule is CC(C)CNCc1ccc(N(C)C(C)c2cccs2)nn1. The first-order valence-corrected chi connectivity index (χ1v) is 8.25. The van der Waals surface area contributed by atoms with E-state index in [1.165, 1.54) is 4.88 Å². The Hall–Kier alpha value is -1.46. The summed E-state index contributed by atoms with van der Waals surface area (Å²) < 4.78 is 0. The van der Waals surface area contributed by atoms with E-state index < -0.39 is 0 Å². The molecule has 1 atom stereocenters. The number of thiophene rings is 1. The van der Waals surface area contributed by atoms with Crippen LogP contribution in [0.15, 0.2) is 29.6 Å². The molecule has 0 saturated carbocycles. The lowest BCUT2D eigenvalue weighted by molar-refractivity contribution is 0.546.